The standard InChI is InChI=1S/C23H19NO2/c1-26-23(25)20(15-16-9-3-2-4-10-16)22-19-13-6-5-11-17(19)18-12-7-8-14-21(18)24-22/h2-14,20H,15H2,1H3/t20-/m0/s1. The largest absolute Gasteiger partial charge is 0.468 e. The molecule has 4 rings (SSSR count). The number of hydrogen-bond donors (Lipinski definition) is 0. The molecule has 3 heteroatoms. The van der Waals surface area contributed by atoms with Crippen molar-refractivity contribution < 1.29 is 9.53 Å². The molecule has 0 saturated heterocycles. The Morgan fingerprint density at radius 3 is 2.19 bits per heavy atom. The molecule has 0 radical (unpaired) electrons. The Morgan fingerprint density at radius 2 is 1.46 bits per heavy atom. The second-order valence-electron chi connectivity index (χ2n) is 6.33. The van der Waals surface area contributed by atoms with Crippen LogP contribution in [0.15, 0.2) is 78.9 Å². The van der Waals surface area contributed by atoms with E-state index in [0.29, 0.717) is 6.42 Å². The molecule has 0 aliphatic rings. The van der Waals surface area contributed by atoms with E-state index >= 15 is 0 Å². The van der Waals surface area contributed by atoms with Crippen molar-refractivity contribution >= 4 is 27.6 Å². The van der Waals surface area contributed by atoms with Gasteiger partial charge in [0.1, 0.15) is 5.92 Å². The van der Waals surface area contributed by atoms with Gasteiger partial charge < -0.3 is 4.74 Å². The second kappa shape index (κ2) is 6.96. The highest BCUT2D eigenvalue weighted by atomic mass is 16.5. The van der Waals surface area contributed by atoms with E-state index in [4.69, 9.17) is 9.72 Å². The molecule has 128 valence electrons. The van der Waals surface area contributed by atoms with Crippen molar-refractivity contribution in [1.82, 2.24) is 4.98 Å². The quantitative estimate of drug-likeness (QED) is 0.392. The molecule has 0 aliphatic heterocycles. The molecule has 0 aliphatic carbocycles. The number of methoxy groups -OCH3 is 1. The minimum absolute atomic E-state index is 0.262. The van der Waals surface area contributed by atoms with Gasteiger partial charge in [-0.15, -0.1) is 0 Å². The summed E-state index contributed by atoms with van der Waals surface area (Å²) in [6, 6.07) is 26.1. The fraction of sp³-hybridized carbons (Fsp3) is 0.130. The zero-order valence-electron chi connectivity index (χ0n) is 14.6. The summed E-state index contributed by atoms with van der Waals surface area (Å²) >= 11 is 0. The molecule has 4 aromatic rings. The van der Waals surface area contributed by atoms with Gasteiger partial charge in [-0.1, -0.05) is 72.8 Å². The number of fused-ring (bicyclic) bond motifs is 3. The average Bonchev–Trinajstić information content (AvgIpc) is 2.72. The van der Waals surface area contributed by atoms with Crippen LogP contribution in [0.1, 0.15) is 17.2 Å². The van der Waals surface area contributed by atoms with Crippen LogP contribution < -0.4 is 0 Å². The number of carbonyl (C=O) groups is 1. The van der Waals surface area contributed by atoms with E-state index in [-0.39, 0.29) is 5.97 Å². The molecule has 0 saturated carbocycles. The van der Waals surface area contributed by atoms with Crippen LogP contribution >= 0.6 is 0 Å². The minimum Gasteiger partial charge on any atom is -0.468 e. The van der Waals surface area contributed by atoms with Crippen molar-refractivity contribution in [2.45, 2.75) is 12.3 Å². The van der Waals surface area contributed by atoms with Crippen molar-refractivity contribution in [3.8, 4) is 0 Å². The van der Waals surface area contributed by atoms with Gasteiger partial charge in [0, 0.05) is 10.8 Å². The Balaban J connectivity index is 1.94. The monoisotopic (exact) mass is 341 g/mol. The number of para-hydroxylation sites is 1. The number of esters is 1. The number of hydrogen-bond acceptors (Lipinski definition) is 3. The second-order valence-corrected chi connectivity index (χ2v) is 6.33. The third-order valence-corrected chi connectivity index (χ3v) is 4.74. The summed E-state index contributed by atoms with van der Waals surface area (Å²) < 4.78 is 5.12. The third-order valence-electron chi connectivity index (χ3n) is 4.74. The highest BCUT2D eigenvalue weighted by Gasteiger charge is 2.26. The maximum atomic E-state index is 12.6. The number of carbonyl (C=O) groups excluding carboxylic acids is 1. The first-order chi connectivity index (χ1) is 12.8. The fourth-order valence-corrected chi connectivity index (χ4v) is 3.48. The summed E-state index contributed by atoms with van der Waals surface area (Å²) in [5.74, 6) is -0.710. The highest BCUT2D eigenvalue weighted by Crippen LogP contribution is 2.32. The van der Waals surface area contributed by atoms with Gasteiger partial charge in [-0.05, 0) is 23.4 Å². The predicted molar refractivity (Wildman–Crippen MR) is 104 cm³/mol. The van der Waals surface area contributed by atoms with E-state index in [2.05, 4.69) is 12.1 Å². The molecule has 0 amide bonds. The molecule has 0 fully saturated rings. The van der Waals surface area contributed by atoms with E-state index in [9.17, 15) is 4.79 Å². The molecule has 0 unspecified atom stereocenters. The zero-order valence-corrected chi connectivity index (χ0v) is 14.6. The molecule has 3 nitrogen and oxygen atoms in total. The number of aromatic nitrogens is 1. The first kappa shape index (κ1) is 16.3. The van der Waals surface area contributed by atoms with Crippen LogP contribution in [0.4, 0.5) is 0 Å². The molecule has 0 bridgehead atoms. The van der Waals surface area contributed by atoms with E-state index < -0.39 is 5.92 Å². The van der Waals surface area contributed by atoms with E-state index in [1.165, 1.54) is 7.11 Å². The summed E-state index contributed by atoms with van der Waals surface area (Å²) in [4.78, 5) is 17.5. The van der Waals surface area contributed by atoms with Crippen LogP contribution in [0, 0.1) is 0 Å². The van der Waals surface area contributed by atoms with Crippen LogP contribution in [-0.4, -0.2) is 18.1 Å². The SMILES string of the molecule is COC(=O)[C@@H](Cc1ccccc1)c1nc2ccccc2c2ccccc12. The third kappa shape index (κ3) is 2.92. The zero-order chi connectivity index (χ0) is 17.9. The average molecular weight is 341 g/mol. The molecular weight excluding hydrogens is 322 g/mol. The molecule has 0 spiro atoms. The van der Waals surface area contributed by atoms with Crippen molar-refractivity contribution in [2.75, 3.05) is 7.11 Å². The lowest BCUT2D eigenvalue weighted by Crippen LogP contribution is -2.18. The Labute approximate surface area is 152 Å². The first-order valence-corrected chi connectivity index (χ1v) is 8.67. The molecule has 0 N–H and O–H groups in total. The summed E-state index contributed by atoms with van der Waals surface area (Å²) in [6.07, 6.45) is 0.558. The predicted octanol–water partition coefficient (Wildman–Crippen LogP) is 4.89. The Hall–Kier alpha value is -3.20. The van der Waals surface area contributed by atoms with Gasteiger partial charge in [0.05, 0.1) is 18.3 Å². The smallest absolute Gasteiger partial charge is 0.315 e. The highest BCUT2D eigenvalue weighted by molar-refractivity contribution is 6.07. The summed E-state index contributed by atoms with van der Waals surface area (Å²) in [6.45, 7) is 0. The van der Waals surface area contributed by atoms with Crippen molar-refractivity contribution in [2.24, 2.45) is 0 Å². The van der Waals surface area contributed by atoms with E-state index in [0.717, 1.165) is 32.9 Å². The Kier molecular flexibility index (Phi) is 4.36. The van der Waals surface area contributed by atoms with Gasteiger partial charge in [0.25, 0.3) is 0 Å². The van der Waals surface area contributed by atoms with Gasteiger partial charge in [0.2, 0.25) is 0 Å². The van der Waals surface area contributed by atoms with Crippen molar-refractivity contribution in [3.05, 3.63) is 90.1 Å². The number of nitrogens with zero attached hydrogens (tertiary/aromatic N) is 1. The van der Waals surface area contributed by atoms with Crippen LogP contribution in [0.3, 0.4) is 0 Å². The summed E-state index contributed by atoms with van der Waals surface area (Å²) in [5.41, 5.74) is 2.75. The van der Waals surface area contributed by atoms with Crippen molar-refractivity contribution in [1.29, 1.82) is 0 Å². The number of ether oxygens (including phenoxy) is 1. The van der Waals surface area contributed by atoms with Crippen molar-refractivity contribution in [3.63, 3.8) is 0 Å². The molecule has 3 aromatic carbocycles. The van der Waals surface area contributed by atoms with Gasteiger partial charge in [-0.25, -0.2) is 0 Å². The van der Waals surface area contributed by atoms with Gasteiger partial charge in [-0.2, -0.15) is 0 Å². The molecular formula is C23H19NO2. The number of rotatable bonds is 4. The van der Waals surface area contributed by atoms with Crippen LogP contribution in [-0.2, 0) is 16.0 Å². The normalized spacial score (nSPS) is 12.2. The lowest BCUT2D eigenvalue weighted by Gasteiger charge is -2.18. The number of benzene rings is 3. The molecule has 26 heavy (non-hydrogen) atoms. The summed E-state index contributed by atoms with van der Waals surface area (Å²) in [5, 5.41) is 3.20. The summed E-state index contributed by atoms with van der Waals surface area (Å²) in [7, 11) is 1.43. The maximum absolute atomic E-state index is 12.6. The Bertz CT molecular complexity index is 1070. The van der Waals surface area contributed by atoms with Gasteiger partial charge in [0.15, 0.2) is 0 Å². The molecule has 1 heterocycles. The van der Waals surface area contributed by atoms with Crippen LogP contribution in [0.5, 0.6) is 0 Å². The Morgan fingerprint density at radius 1 is 0.846 bits per heavy atom. The molecule has 1 atom stereocenters. The van der Waals surface area contributed by atoms with Crippen LogP contribution in [0.2, 0.25) is 0 Å². The first-order valence-electron chi connectivity index (χ1n) is 8.67. The minimum atomic E-state index is -0.447. The van der Waals surface area contributed by atoms with E-state index in [1.807, 2.05) is 66.7 Å². The van der Waals surface area contributed by atoms with Gasteiger partial charge >= 0.3 is 5.97 Å². The van der Waals surface area contributed by atoms with Crippen LogP contribution in [0.25, 0.3) is 21.7 Å². The maximum Gasteiger partial charge on any atom is 0.315 e. The van der Waals surface area contributed by atoms with E-state index in [1.54, 1.807) is 0 Å². The number of pyridine rings is 1. The lowest BCUT2D eigenvalue weighted by molar-refractivity contribution is -0.142. The lowest BCUT2D eigenvalue weighted by atomic mass is 9.91. The topological polar surface area (TPSA) is 39.2 Å². The van der Waals surface area contributed by atoms with Gasteiger partial charge in [-0.3, -0.25) is 9.78 Å². The fourth-order valence-electron chi connectivity index (χ4n) is 3.48. The molecule has 1 aromatic heterocycles.